The average Bonchev–Trinajstić information content (AvgIpc) is 3.62. The van der Waals surface area contributed by atoms with Crippen molar-refractivity contribution in [2.75, 3.05) is 22.9 Å². The van der Waals surface area contributed by atoms with Gasteiger partial charge in [0, 0.05) is 42.6 Å². The maximum Gasteiger partial charge on any atom is 0.263 e. The fourth-order valence-electron chi connectivity index (χ4n) is 3.96. The second kappa shape index (κ2) is 8.06. The van der Waals surface area contributed by atoms with Gasteiger partial charge in [0.1, 0.15) is 17.1 Å². The molecule has 158 valence electrons. The predicted molar refractivity (Wildman–Crippen MR) is 124 cm³/mol. The van der Waals surface area contributed by atoms with E-state index in [1.165, 1.54) is 19.0 Å². The molecule has 1 aliphatic heterocycles. The molecule has 7 heteroatoms. The number of benzene rings is 2. The van der Waals surface area contributed by atoms with Crippen molar-refractivity contribution in [3.63, 3.8) is 0 Å². The summed E-state index contributed by atoms with van der Waals surface area (Å²) in [5, 5.41) is 0.979. The Morgan fingerprint density at radius 2 is 1.81 bits per heavy atom. The molecule has 0 bridgehead atoms. The molecule has 0 unspecified atom stereocenters. The third-order valence-corrected chi connectivity index (χ3v) is 6.43. The maximum atomic E-state index is 13.6. The highest BCUT2D eigenvalue weighted by atomic mass is 35.5. The molecule has 0 N–H and O–H groups in total. The Morgan fingerprint density at radius 3 is 2.58 bits per heavy atom. The molecule has 1 fully saturated rings. The normalized spacial score (nSPS) is 15.6. The van der Waals surface area contributed by atoms with Crippen molar-refractivity contribution in [2.45, 2.75) is 25.8 Å². The van der Waals surface area contributed by atoms with Gasteiger partial charge in [-0.25, -0.2) is 0 Å². The summed E-state index contributed by atoms with van der Waals surface area (Å²) in [5.74, 6) is 0.640. The third-order valence-electron chi connectivity index (χ3n) is 5.72. The molecule has 0 atom stereocenters. The lowest BCUT2D eigenvalue weighted by atomic mass is 10.1. The van der Waals surface area contributed by atoms with Crippen molar-refractivity contribution in [2.24, 2.45) is 0 Å². The van der Waals surface area contributed by atoms with Crippen molar-refractivity contribution < 1.29 is 9.53 Å². The van der Waals surface area contributed by atoms with E-state index >= 15 is 0 Å². The number of carbonyl (C=O) groups is 1. The number of ether oxygens (including phenoxy) is 1. The van der Waals surface area contributed by atoms with Gasteiger partial charge >= 0.3 is 0 Å². The number of fused-ring (bicyclic) bond motifs is 1. The van der Waals surface area contributed by atoms with Gasteiger partial charge in [-0.1, -0.05) is 35.3 Å². The number of aromatic nitrogens is 1. The summed E-state index contributed by atoms with van der Waals surface area (Å²) in [6.45, 7) is 3.29. The molecule has 31 heavy (non-hydrogen) atoms. The van der Waals surface area contributed by atoms with Crippen LogP contribution in [-0.4, -0.2) is 30.0 Å². The average molecular weight is 454 g/mol. The number of rotatable bonds is 4. The first-order chi connectivity index (χ1) is 15.0. The molecule has 0 saturated heterocycles. The number of aryl methyl sites for hydroxylation is 1. The Balaban J connectivity index is 1.48. The van der Waals surface area contributed by atoms with Crippen molar-refractivity contribution in [1.82, 2.24) is 4.98 Å². The largest absolute Gasteiger partial charge is 0.455 e. The van der Waals surface area contributed by atoms with Gasteiger partial charge in [0.25, 0.3) is 5.91 Å². The molecule has 0 radical (unpaired) electrons. The van der Waals surface area contributed by atoms with Crippen LogP contribution < -0.4 is 14.5 Å². The molecule has 5 nitrogen and oxygen atoms in total. The number of anilines is 2. The molecule has 2 aliphatic rings. The summed E-state index contributed by atoms with van der Waals surface area (Å²) in [6.07, 6.45) is 5.55. The second-order valence-corrected chi connectivity index (χ2v) is 8.69. The molecule has 1 amide bonds. The van der Waals surface area contributed by atoms with Crippen LogP contribution in [0.15, 0.2) is 54.9 Å². The van der Waals surface area contributed by atoms with Crippen molar-refractivity contribution in [3.05, 3.63) is 76.0 Å². The lowest BCUT2D eigenvalue weighted by molar-refractivity contribution is 0.0984. The van der Waals surface area contributed by atoms with Crippen LogP contribution >= 0.6 is 23.2 Å². The zero-order valence-electron chi connectivity index (χ0n) is 17.0. The quantitative estimate of drug-likeness (QED) is 0.477. The summed E-state index contributed by atoms with van der Waals surface area (Å²) < 4.78 is 6.03. The highest BCUT2D eigenvalue weighted by Gasteiger charge is 2.36. The van der Waals surface area contributed by atoms with E-state index < -0.39 is 0 Å². The van der Waals surface area contributed by atoms with Gasteiger partial charge in [-0.05, 0) is 49.6 Å². The molecule has 1 aromatic heterocycles. The number of pyridine rings is 1. The number of hydrogen-bond acceptors (Lipinski definition) is 4. The van der Waals surface area contributed by atoms with E-state index in [-0.39, 0.29) is 5.91 Å². The number of nitrogens with zero attached hydrogens (tertiary/aromatic N) is 3. The first-order valence-electron chi connectivity index (χ1n) is 10.3. The zero-order valence-corrected chi connectivity index (χ0v) is 18.5. The van der Waals surface area contributed by atoms with Gasteiger partial charge in [0.15, 0.2) is 0 Å². The van der Waals surface area contributed by atoms with Gasteiger partial charge in [-0.15, -0.1) is 0 Å². The Hall–Kier alpha value is -2.76. The van der Waals surface area contributed by atoms with E-state index in [4.69, 9.17) is 27.9 Å². The maximum absolute atomic E-state index is 13.6. The molecule has 5 rings (SSSR count). The SMILES string of the molecule is Cc1cc(Cl)c(Oc2ccncc2C(=O)N2CCN(C3CC3)c3ccccc32)cc1Cl. The molecule has 1 saturated carbocycles. The highest BCUT2D eigenvalue weighted by molar-refractivity contribution is 6.34. The molecule has 3 aromatic rings. The van der Waals surface area contributed by atoms with Crippen LogP contribution in [0.3, 0.4) is 0 Å². The minimum Gasteiger partial charge on any atom is -0.455 e. The van der Waals surface area contributed by atoms with Crippen molar-refractivity contribution >= 4 is 40.5 Å². The van der Waals surface area contributed by atoms with Crippen molar-refractivity contribution in [3.8, 4) is 11.5 Å². The minimum absolute atomic E-state index is 0.152. The third kappa shape index (κ3) is 3.84. The van der Waals surface area contributed by atoms with E-state index in [1.54, 1.807) is 24.4 Å². The molecule has 1 aliphatic carbocycles. The monoisotopic (exact) mass is 453 g/mol. The molecular weight excluding hydrogens is 433 g/mol. The van der Waals surface area contributed by atoms with Gasteiger partial charge < -0.3 is 14.5 Å². The number of para-hydroxylation sites is 2. The second-order valence-electron chi connectivity index (χ2n) is 7.88. The Morgan fingerprint density at radius 1 is 1.03 bits per heavy atom. The zero-order chi connectivity index (χ0) is 21.5. The highest BCUT2D eigenvalue weighted by Crippen LogP contribution is 2.41. The number of halogens is 2. The van der Waals surface area contributed by atoms with Crippen LogP contribution in [0.1, 0.15) is 28.8 Å². The fraction of sp³-hybridized carbons (Fsp3) is 0.250. The lowest BCUT2D eigenvalue weighted by Gasteiger charge is -2.38. The first-order valence-corrected chi connectivity index (χ1v) is 11.0. The number of amides is 1. The van der Waals surface area contributed by atoms with E-state index in [0.717, 1.165) is 23.5 Å². The van der Waals surface area contributed by atoms with Crippen LogP contribution in [0.25, 0.3) is 0 Å². The van der Waals surface area contributed by atoms with Gasteiger partial charge in [-0.2, -0.15) is 0 Å². The summed E-state index contributed by atoms with van der Waals surface area (Å²) >= 11 is 12.6. The van der Waals surface area contributed by atoms with E-state index in [1.807, 2.05) is 30.0 Å². The first kappa shape index (κ1) is 20.2. The molecule has 0 spiro atoms. The summed E-state index contributed by atoms with van der Waals surface area (Å²) in [5.41, 5.74) is 3.25. The van der Waals surface area contributed by atoms with Gasteiger partial charge in [0.2, 0.25) is 0 Å². The van der Waals surface area contributed by atoms with E-state index in [2.05, 4.69) is 16.0 Å². The van der Waals surface area contributed by atoms with Crippen LogP contribution in [0.4, 0.5) is 11.4 Å². The van der Waals surface area contributed by atoms with E-state index in [0.29, 0.717) is 39.7 Å². The summed E-state index contributed by atoms with van der Waals surface area (Å²) in [4.78, 5) is 22.0. The minimum atomic E-state index is -0.152. The van der Waals surface area contributed by atoms with Crippen LogP contribution in [-0.2, 0) is 0 Å². The van der Waals surface area contributed by atoms with E-state index in [9.17, 15) is 4.79 Å². The molecule has 2 aromatic carbocycles. The van der Waals surface area contributed by atoms with Gasteiger partial charge in [0.05, 0.1) is 16.4 Å². The smallest absolute Gasteiger partial charge is 0.263 e. The Bertz CT molecular complexity index is 1160. The van der Waals surface area contributed by atoms with Crippen LogP contribution in [0.5, 0.6) is 11.5 Å². The Kier molecular flexibility index (Phi) is 5.24. The summed E-state index contributed by atoms with van der Waals surface area (Å²) in [7, 11) is 0. The summed E-state index contributed by atoms with van der Waals surface area (Å²) in [6, 6.07) is 13.7. The lowest BCUT2D eigenvalue weighted by Crippen LogP contribution is -2.45. The van der Waals surface area contributed by atoms with Gasteiger partial charge in [-0.3, -0.25) is 9.78 Å². The number of carbonyl (C=O) groups excluding carboxylic acids is 1. The predicted octanol–water partition coefficient (Wildman–Crippen LogP) is 6.12. The topological polar surface area (TPSA) is 45.7 Å². The van der Waals surface area contributed by atoms with Crippen LogP contribution in [0, 0.1) is 6.92 Å². The van der Waals surface area contributed by atoms with Crippen LogP contribution in [0.2, 0.25) is 10.0 Å². The fourth-order valence-corrected chi connectivity index (χ4v) is 4.37. The molecular formula is C24H21Cl2N3O2. The molecule has 2 heterocycles. The standard InChI is InChI=1S/C24H21Cl2N3O2/c1-15-12-19(26)23(13-18(15)25)31-22-8-9-27-14-17(22)24(30)29-11-10-28(16-6-7-16)20-4-2-3-5-21(20)29/h2-5,8-9,12-14,16H,6-7,10-11H2,1H3. The Labute approximate surface area is 191 Å². The van der Waals surface area contributed by atoms with Crippen molar-refractivity contribution in [1.29, 1.82) is 0 Å². The number of hydrogen-bond donors (Lipinski definition) is 0.